The van der Waals surface area contributed by atoms with Crippen LogP contribution in [0.15, 0.2) is 12.2 Å². The summed E-state index contributed by atoms with van der Waals surface area (Å²) in [7, 11) is 0. The molecule has 3 unspecified atom stereocenters. The number of carbonyl (C=O) groups excluding carboxylic acids is 1. The SMILES string of the molecule is CC(C)C=CCCC1SCC2NC(=O)NC21. The minimum absolute atomic E-state index is 0.0121. The molecule has 0 bridgehead atoms. The van der Waals surface area contributed by atoms with E-state index in [1.165, 1.54) is 0 Å². The molecule has 2 rings (SSSR count). The van der Waals surface area contributed by atoms with Crippen molar-refractivity contribution in [2.75, 3.05) is 5.75 Å². The van der Waals surface area contributed by atoms with E-state index in [4.69, 9.17) is 0 Å². The van der Waals surface area contributed by atoms with Crippen LogP contribution in [0, 0.1) is 5.92 Å². The summed E-state index contributed by atoms with van der Waals surface area (Å²) >= 11 is 1.98. The average molecular weight is 240 g/mol. The third-order valence-corrected chi connectivity index (χ3v) is 4.59. The Bertz CT molecular complexity index is 291. The van der Waals surface area contributed by atoms with E-state index in [2.05, 4.69) is 36.6 Å². The van der Waals surface area contributed by atoms with Crippen LogP contribution in [-0.4, -0.2) is 29.1 Å². The predicted molar refractivity (Wildman–Crippen MR) is 68.7 cm³/mol. The highest BCUT2D eigenvalue weighted by atomic mass is 32.2. The Labute approximate surface area is 101 Å². The Kier molecular flexibility index (Phi) is 3.79. The van der Waals surface area contributed by atoms with E-state index in [-0.39, 0.29) is 6.03 Å². The number of thioether (sulfide) groups is 1. The first-order valence-corrected chi connectivity index (χ1v) is 7.07. The van der Waals surface area contributed by atoms with Gasteiger partial charge in [0.05, 0.1) is 12.1 Å². The maximum absolute atomic E-state index is 11.2. The van der Waals surface area contributed by atoms with E-state index in [9.17, 15) is 4.79 Å². The van der Waals surface area contributed by atoms with Crippen molar-refractivity contribution in [3.63, 3.8) is 0 Å². The molecule has 2 aliphatic rings. The summed E-state index contributed by atoms with van der Waals surface area (Å²) in [4.78, 5) is 11.2. The number of hydrogen-bond acceptors (Lipinski definition) is 2. The van der Waals surface area contributed by atoms with Gasteiger partial charge in [-0.1, -0.05) is 26.0 Å². The second kappa shape index (κ2) is 5.13. The van der Waals surface area contributed by atoms with Gasteiger partial charge >= 0.3 is 6.03 Å². The average Bonchev–Trinajstić information content (AvgIpc) is 2.72. The predicted octanol–water partition coefficient (Wildman–Crippen LogP) is 2.14. The summed E-state index contributed by atoms with van der Waals surface area (Å²) in [5.74, 6) is 1.69. The molecule has 2 saturated heterocycles. The maximum atomic E-state index is 11.2. The lowest BCUT2D eigenvalue weighted by atomic mass is 10.0. The van der Waals surface area contributed by atoms with Gasteiger partial charge in [-0.25, -0.2) is 4.79 Å². The molecule has 0 spiro atoms. The van der Waals surface area contributed by atoms with Gasteiger partial charge in [0.15, 0.2) is 0 Å². The molecule has 2 fully saturated rings. The van der Waals surface area contributed by atoms with Gasteiger partial charge in [0, 0.05) is 11.0 Å². The smallest absolute Gasteiger partial charge is 0.315 e. The topological polar surface area (TPSA) is 41.1 Å². The van der Waals surface area contributed by atoms with E-state index in [1.54, 1.807) is 0 Å². The van der Waals surface area contributed by atoms with Gasteiger partial charge < -0.3 is 10.6 Å². The van der Waals surface area contributed by atoms with Gasteiger partial charge in [-0.15, -0.1) is 0 Å². The number of nitrogens with one attached hydrogen (secondary N) is 2. The van der Waals surface area contributed by atoms with Crippen LogP contribution in [0.4, 0.5) is 4.79 Å². The summed E-state index contributed by atoms with van der Waals surface area (Å²) in [6, 6.07) is 0.722. The standard InChI is InChI=1S/C12H20N2OS/c1-8(2)5-3-4-6-10-11-9(7-16-10)13-12(15)14-11/h3,5,8-11H,4,6-7H2,1-2H3,(H2,13,14,15). The highest BCUT2D eigenvalue weighted by Gasteiger charge is 2.42. The molecule has 2 N–H and O–H groups in total. The molecule has 2 amide bonds. The fraction of sp³-hybridized carbons (Fsp3) is 0.750. The van der Waals surface area contributed by atoms with Crippen LogP contribution in [0.25, 0.3) is 0 Å². The van der Waals surface area contributed by atoms with Gasteiger partial charge in [0.2, 0.25) is 0 Å². The summed E-state index contributed by atoms with van der Waals surface area (Å²) in [6.45, 7) is 4.38. The van der Waals surface area contributed by atoms with Crippen LogP contribution in [0.5, 0.6) is 0 Å². The number of carbonyl (C=O) groups is 1. The Morgan fingerprint density at radius 3 is 3.06 bits per heavy atom. The van der Waals surface area contributed by atoms with E-state index >= 15 is 0 Å². The molecule has 2 heterocycles. The molecule has 0 aromatic rings. The third-order valence-electron chi connectivity index (χ3n) is 3.08. The number of hydrogen-bond donors (Lipinski definition) is 2. The molecular formula is C12H20N2OS. The first kappa shape index (κ1) is 11.8. The lowest BCUT2D eigenvalue weighted by molar-refractivity contribution is 0.247. The molecule has 3 nitrogen and oxygen atoms in total. The zero-order chi connectivity index (χ0) is 11.5. The molecular weight excluding hydrogens is 220 g/mol. The minimum Gasteiger partial charge on any atom is -0.332 e. The zero-order valence-electron chi connectivity index (χ0n) is 9.90. The first-order chi connectivity index (χ1) is 7.66. The summed E-state index contributed by atoms with van der Waals surface area (Å²) < 4.78 is 0. The van der Waals surface area contributed by atoms with Crippen molar-refractivity contribution < 1.29 is 4.79 Å². The molecule has 0 aromatic carbocycles. The Morgan fingerprint density at radius 1 is 1.50 bits per heavy atom. The lowest BCUT2D eigenvalue weighted by Crippen LogP contribution is -2.36. The fourth-order valence-corrected chi connectivity index (χ4v) is 3.78. The molecule has 4 heteroatoms. The number of allylic oxidation sites excluding steroid dienone is 2. The second-order valence-electron chi connectivity index (χ2n) is 4.87. The molecule has 2 aliphatic heterocycles. The van der Waals surface area contributed by atoms with E-state index < -0.39 is 0 Å². The zero-order valence-corrected chi connectivity index (χ0v) is 10.7. The summed E-state index contributed by atoms with van der Waals surface area (Å²) in [6.07, 6.45) is 6.80. The molecule has 0 saturated carbocycles. The van der Waals surface area contributed by atoms with Gasteiger partial charge in [-0.2, -0.15) is 11.8 Å². The molecule has 0 aromatic heterocycles. The van der Waals surface area contributed by atoms with Crippen molar-refractivity contribution in [1.29, 1.82) is 0 Å². The molecule has 16 heavy (non-hydrogen) atoms. The highest BCUT2D eigenvalue weighted by Crippen LogP contribution is 2.32. The Morgan fingerprint density at radius 2 is 2.31 bits per heavy atom. The third kappa shape index (κ3) is 2.73. The number of amides is 2. The lowest BCUT2D eigenvalue weighted by Gasteiger charge is -2.15. The number of fused-ring (bicyclic) bond motifs is 1. The van der Waals surface area contributed by atoms with Gasteiger partial charge in [0.1, 0.15) is 0 Å². The van der Waals surface area contributed by atoms with Crippen LogP contribution in [0.1, 0.15) is 26.7 Å². The first-order valence-electron chi connectivity index (χ1n) is 6.02. The number of rotatable bonds is 4. The van der Waals surface area contributed by atoms with Gasteiger partial charge in [-0.05, 0) is 18.8 Å². The van der Waals surface area contributed by atoms with Gasteiger partial charge in [-0.3, -0.25) is 0 Å². The Balaban J connectivity index is 1.76. The van der Waals surface area contributed by atoms with Crippen molar-refractivity contribution in [2.24, 2.45) is 5.92 Å². The van der Waals surface area contributed by atoms with Crippen LogP contribution in [0.2, 0.25) is 0 Å². The van der Waals surface area contributed by atoms with Crippen LogP contribution in [-0.2, 0) is 0 Å². The fourth-order valence-electron chi connectivity index (χ4n) is 2.27. The van der Waals surface area contributed by atoms with Crippen molar-refractivity contribution in [1.82, 2.24) is 10.6 Å². The molecule has 90 valence electrons. The van der Waals surface area contributed by atoms with Crippen molar-refractivity contribution in [3.8, 4) is 0 Å². The molecule has 0 radical (unpaired) electrons. The van der Waals surface area contributed by atoms with Crippen LogP contribution < -0.4 is 10.6 Å². The van der Waals surface area contributed by atoms with Gasteiger partial charge in [0.25, 0.3) is 0 Å². The summed E-state index contributed by atoms with van der Waals surface area (Å²) in [5.41, 5.74) is 0. The highest BCUT2D eigenvalue weighted by molar-refractivity contribution is 8.00. The van der Waals surface area contributed by atoms with Crippen LogP contribution in [0.3, 0.4) is 0 Å². The molecule has 3 atom stereocenters. The number of urea groups is 1. The van der Waals surface area contributed by atoms with Crippen LogP contribution >= 0.6 is 11.8 Å². The monoisotopic (exact) mass is 240 g/mol. The van der Waals surface area contributed by atoms with E-state index in [0.717, 1.165) is 18.6 Å². The normalized spacial score (nSPS) is 33.2. The summed E-state index contributed by atoms with van der Waals surface area (Å²) in [5, 5.41) is 6.57. The minimum atomic E-state index is 0.0121. The second-order valence-corrected chi connectivity index (χ2v) is 6.14. The quantitative estimate of drug-likeness (QED) is 0.584. The van der Waals surface area contributed by atoms with Crippen molar-refractivity contribution >= 4 is 17.8 Å². The maximum Gasteiger partial charge on any atom is 0.315 e. The van der Waals surface area contributed by atoms with E-state index in [1.807, 2.05) is 11.8 Å². The van der Waals surface area contributed by atoms with Crippen molar-refractivity contribution in [3.05, 3.63) is 12.2 Å². The Hall–Kier alpha value is -0.640. The van der Waals surface area contributed by atoms with Crippen molar-refractivity contribution in [2.45, 2.75) is 44.0 Å². The molecule has 0 aliphatic carbocycles. The largest absolute Gasteiger partial charge is 0.332 e. The van der Waals surface area contributed by atoms with E-state index in [0.29, 0.717) is 23.3 Å².